The summed E-state index contributed by atoms with van der Waals surface area (Å²) in [5.74, 6) is 0.414. The third kappa shape index (κ3) is 5.13. The molecule has 1 atom stereocenters. The normalized spacial score (nSPS) is 15.4. The molecule has 138 valence electrons. The molecule has 0 spiro atoms. The Kier molecular flexibility index (Phi) is 6.36. The van der Waals surface area contributed by atoms with E-state index in [1.54, 1.807) is 31.2 Å². The van der Waals surface area contributed by atoms with Crippen LogP contribution in [0.5, 0.6) is 5.75 Å². The number of amides is 1. The molecule has 2 aromatic rings. The van der Waals surface area contributed by atoms with Gasteiger partial charge in [0.2, 0.25) is 0 Å². The number of carbonyl (C=O) groups is 1. The van der Waals surface area contributed by atoms with Gasteiger partial charge in [0, 0.05) is 30.3 Å². The third-order valence-corrected chi connectivity index (χ3v) is 4.49. The van der Waals surface area contributed by atoms with Crippen molar-refractivity contribution in [3.63, 3.8) is 0 Å². The van der Waals surface area contributed by atoms with Crippen LogP contribution in [0.25, 0.3) is 0 Å². The molecule has 0 saturated carbocycles. The number of rotatable bonds is 6. The molecule has 1 amide bonds. The van der Waals surface area contributed by atoms with E-state index < -0.39 is 6.10 Å². The number of halogens is 1. The first-order chi connectivity index (χ1) is 12.6. The first-order valence-electron chi connectivity index (χ1n) is 8.73. The lowest BCUT2D eigenvalue weighted by Crippen LogP contribution is -2.36. The molecule has 0 bridgehead atoms. The SMILES string of the molecule is CC(Oc1cccc(Cl)c1)C(=O)NCc1ccc(N2CCOCC2)cc1. The number of ether oxygens (including phenoxy) is 2. The van der Waals surface area contributed by atoms with Crippen molar-refractivity contribution < 1.29 is 14.3 Å². The van der Waals surface area contributed by atoms with Crippen LogP contribution in [0, 0.1) is 0 Å². The van der Waals surface area contributed by atoms with Gasteiger partial charge < -0.3 is 19.7 Å². The molecule has 1 saturated heterocycles. The molecule has 1 aliphatic rings. The van der Waals surface area contributed by atoms with E-state index in [-0.39, 0.29) is 5.91 Å². The van der Waals surface area contributed by atoms with E-state index in [9.17, 15) is 4.79 Å². The van der Waals surface area contributed by atoms with E-state index in [1.165, 1.54) is 5.69 Å². The molecule has 3 rings (SSSR count). The molecule has 1 N–H and O–H groups in total. The summed E-state index contributed by atoms with van der Waals surface area (Å²) in [7, 11) is 0. The van der Waals surface area contributed by atoms with Crippen molar-refractivity contribution in [3.8, 4) is 5.75 Å². The van der Waals surface area contributed by atoms with E-state index in [4.69, 9.17) is 21.1 Å². The number of hydrogen-bond acceptors (Lipinski definition) is 4. The minimum atomic E-state index is -0.596. The van der Waals surface area contributed by atoms with Crippen molar-refractivity contribution in [1.29, 1.82) is 0 Å². The largest absolute Gasteiger partial charge is 0.481 e. The predicted molar refractivity (Wildman–Crippen MR) is 103 cm³/mol. The standard InChI is InChI=1S/C20H23ClN2O3/c1-15(26-19-4-2-3-17(21)13-19)20(24)22-14-16-5-7-18(8-6-16)23-9-11-25-12-10-23/h2-8,13,15H,9-12,14H2,1H3,(H,22,24). The number of anilines is 1. The van der Waals surface area contributed by atoms with Crippen molar-refractivity contribution in [2.24, 2.45) is 0 Å². The van der Waals surface area contributed by atoms with Crippen LogP contribution in [0.15, 0.2) is 48.5 Å². The van der Waals surface area contributed by atoms with Crippen molar-refractivity contribution in [2.75, 3.05) is 31.2 Å². The molecule has 1 fully saturated rings. The van der Waals surface area contributed by atoms with Gasteiger partial charge in [-0.2, -0.15) is 0 Å². The molecule has 0 aromatic heterocycles. The third-order valence-electron chi connectivity index (χ3n) is 4.26. The van der Waals surface area contributed by atoms with Crippen molar-refractivity contribution in [1.82, 2.24) is 5.32 Å². The smallest absolute Gasteiger partial charge is 0.261 e. The second-order valence-corrected chi connectivity index (χ2v) is 6.64. The number of benzene rings is 2. The van der Waals surface area contributed by atoms with Gasteiger partial charge in [0.15, 0.2) is 6.10 Å². The van der Waals surface area contributed by atoms with Crippen LogP contribution in [0.2, 0.25) is 5.02 Å². The number of morpholine rings is 1. The van der Waals surface area contributed by atoms with Crippen molar-refractivity contribution in [2.45, 2.75) is 19.6 Å². The summed E-state index contributed by atoms with van der Waals surface area (Å²) < 4.78 is 11.0. The van der Waals surface area contributed by atoms with E-state index in [2.05, 4.69) is 22.3 Å². The molecule has 0 radical (unpaired) electrons. The molecular formula is C20H23ClN2O3. The molecule has 1 heterocycles. The Morgan fingerprint density at radius 2 is 1.96 bits per heavy atom. The average Bonchev–Trinajstić information content (AvgIpc) is 2.67. The second kappa shape index (κ2) is 8.92. The molecule has 1 unspecified atom stereocenters. The zero-order valence-corrected chi connectivity index (χ0v) is 15.5. The van der Waals surface area contributed by atoms with Crippen LogP contribution in [-0.4, -0.2) is 38.3 Å². The molecule has 6 heteroatoms. The summed E-state index contributed by atoms with van der Waals surface area (Å²) in [6.07, 6.45) is -0.596. The minimum absolute atomic E-state index is 0.165. The maximum absolute atomic E-state index is 12.2. The van der Waals surface area contributed by atoms with Gasteiger partial charge in [-0.05, 0) is 42.8 Å². The fourth-order valence-electron chi connectivity index (χ4n) is 2.78. The van der Waals surface area contributed by atoms with Gasteiger partial charge in [0.05, 0.1) is 13.2 Å². The maximum atomic E-state index is 12.2. The summed E-state index contributed by atoms with van der Waals surface area (Å²) in [6, 6.07) is 15.3. The highest BCUT2D eigenvalue weighted by atomic mass is 35.5. The number of carbonyl (C=O) groups excluding carboxylic acids is 1. The van der Waals surface area contributed by atoms with Gasteiger partial charge in [-0.15, -0.1) is 0 Å². The molecule has 26 heavy (non-hydrogen) atoms. The summed E-state index contributed by atoms with van der Waals surface area (Å²) in [4.78, 5) is 14.5. The van der Waals surface area contributed by atoms with E-state index in [1.807, 2.05) is 12.1 Å². The lowest BCUT2D eigenvalue weighted by Gasteiger charge is -2.28. The summed E-state index contributed by atoms with van der Waals surface area (Å²) >= 11 is 5.93. The van der Waals surface area contributed by atoms with Gasteiger partial charge in [-0.1, -0.05) is 29.8 Å². The zero-order valence-electron chi connectivity index (χ0n) is 14.8. The zero-order chi connectivity index (χ0) is 18.4. The van der Waals surface area contributed by atoms with Gasteiger partial charge in [0.1, 0.15) is 5.75 Å². The van der Waals surface area contributed by atoms with Crippen LogP contribution >= 0.6 is 11.6 Å². The van der Waals surface area contributed by atoms with Gasteiger partial charge >= 0.3 is 0 Å². The molecule has 0 aliphatic carbocycles. The van der Waals surface area contributed by atoms with E-state index in [0.717, 1.165) is 31.9 Å². The fourth-order valence-corrected chi connectivity index (χ4v) is 2.96. The predicted octanol–water partition coefficient (Wildman–Crippen LogP) is 3.26. The minimum Gasteiger partial charge on any atom is -0.481 e. The quantitative estimate of drug-likeness (QED) is 0.843. The highest BCUT2D eigenvalue weighted by molar-refractivity contribution is 6.30. The van der Waals surface area contributed by atoms with Gasteiger partial charge in [-0.25, -0.2) is 0 Å². The van der Waals surface area contributed by atoms with Crippen LogP contribution < -0.4 is 15.0 Å². The van der Waals surface area contributed by atoms with Crippen LogP contribution in [0.4, 0.5) is 5.69 Å². The first kappa shape index (κ1) is 18.5. The summed E-state index contributed by atoms with van der Waals surface area (Å²) in [5, 5.41) is 3.48. The molecular weight excluding hydrogens is 352 g/mol. The Balaban J connectivity index is 1.49. The molecule has 1 aliphatic heterocycles. The Bertz CT molecular complexity index is 730. The lowest BCUT2D eigenvalue weighted by molar-refractivity contribution is -0.127. The highest BCUT2D eigenvalue weighted by Crippen LogP contribution is 2.19. The average molecular weight is 375 g/mol. The summed E-state index contributed by atoms with van der Waals surface area (Å²) in [5.41, 5.74) is 2.23. The molecule has 5 nitrogen and oxygen atoms in total. The second-order valence-electron chi connectivity index (χ2n) is 6.20. The van der Waals surface area contributed by atoms with E-state index >= 15 is 0 Å². The Labute approximate surface area is 158 Å². The van der Waals surface area contributed by atoms with Gasteiger partial charge in [-0.3, -0.25) is 4.79 Å². The molecule has 2 aromatic carbocycles. The monoisotopic (exact) mass is 374 g/mol. The Morgan fingerprint density at radius 3 is 2.65 bits per heavy atom. The van der Waals surface area contributed by atoms with Gasteiger partial charge in [0.25, 0.3) is 5.91 Å². The van der Waals surface area contributed by atoms with Crippen molar-refractivity contribution in [3.05, 3.63) is 59.1 Å². The Morgan fingerprint density at radius 1 is 1.23 bits per heavy atom. The maximum Gasteiger partial charge on any atom is 0.261 e. The highest BCUT2D eigenvalue weighted by Gasteiger charge is 2.15. The number of nitrogens with zero attached hydrogens (tertiary/aromatic N) is 1. The van der Waals surface area contributed by atoms with Crippen LogP contribution in [-0.2, 0) is 16.1 Å². The van der Waals surface area contributed by atoms with Crippen LogP contribution in [0.3, 0.4) is 0 Å². The number of nitrogens with one attached hydrogen (secondary N) is 1. The van der Waals surface area contributed by atoms with Crippen LogP contribution in [0.1, 0.15) is 12.5 Å². The fraction of sp³-hybridized carbons (Fsp3) is 0.350. The topological polar surface area (TPSA) is 50.8 Å². The van der Waals surface area contributed by atoms with E-state index in [0.29, 0.717) is 17.3 Å². The lowest BCUT2D eigenvalue weighted by atomic mass is 10.2. The first-order valence-corrected chi connectivity index (χ1v) is 9.11. The Hall–Kier alpha value is -2.24. The van der Waals surface area contributed by atoms with Crippen molar-refractivity contribution >= 4 is 23.2 Å². The number of hydrogen-bond donors (Lipinski definition) is 1. The summed E-state index contributed by atoms with van der Waals surface area (Å²) in [6.45, 7) is 5.54.